The van der Waals surface area contributed by atoms with Gasteiger partial charge in [-0.15, -0.1) is 0 Å². The van der Waals surface area contributed by atoms with Crippen molar-refractivity contribution in [2.75, 3.05) is 33.3 Å². The molecule has 1 aliphatic heterocycles. The third-order valence-electron chi connectivity index (χ3n) is 5.09. The predicted octanol–water partition coefficient (Wildman–Crippen LogP) is 1.93. The van der Waals surface area contributed by atoms with Crippen LogP contribution in [0.15, 0.2) is 42.7 Å². The quantitative estimate of drug-likeness (QED) is 0.707. The van der Waals surface area contributed by atoms with E-state index in [1.54, 1.807) is 24.2 Å². The van der Waals surface area contributed by atoms with E-state index in [1.807, 2.05) is 36.2 Å². The fourth-order valence-corrected chi connectivity index (χ4v) is 3.51. The van der Waals surface area contributed by atoms with Crippen molar-refractivity contribution in [3.63, 3.8) is 0 Å². The standard InChI is InChI=1S/C20H23N5O2/c1-23-18-11-16(12-21-17(18)13-22-23)20(26)25-9-7-24(8-10-25)14-15-5-3-4-6-19(15)27-2/h3-6,11-13H,7-10,14H2,1-2H3. The normalized spacial score (nSPS) is 15.3. The molecule has 0 aliphatic carbocycles. The van der Waals surface area contributed by atoms with Gasteiger partial charge in [0, 0.05) is 51.5 Å². The second-order valence-electron chi connectivity index (χ2n) is 6.78. The number of hydrogen-bond donors (Lipinski definition) is 0. The number of methoxy groups -OCH3 is 1. The third-order valence-corrected chi connectivity index (χ3v) is 5.09. The van der Waals surface area contributed by atoms with Gasteiger partial charge in [0.05, 0.1) is 24.4 Å². The second kappa shape index (κ2) is 7.36. The van der Waals surface area contributed by atoms with Gasteiger partial charge in [-0.3, -0.25) is 19.4 Å². The van der Waals surface area contributed by atoms with Gasteiger partial charge < -0.3 is 9.64 Å². The predicted molar refractivity (Wildman–Crippen MR) is 103 cm³/mol. The molecule has 3 heterocycles. The van der Waals surface area contributed by atoms with Crippen LogP contribution < -0.4 is 4.74 Å². The van der Waals surface area contributed by atoms with Crippen LogP contribution >= 0.6 is 0 Å². The van der Waals surface area contributed by atoms with Crippen LogP contribution in [0, 0.1) is 0 Å². The molecular formula is C20H23N5O2. The second-order valence-corrected chi connectivity index (χ2v) is 6.78. The molecular weight excluding hydrogens is 342 g/mol. The number of nitrogens with zero attached hydrogens (tertiary/aromatic N) is 5. The molecule has 0 unspecified atom stereocenters. The van der Waals surface area contributed by atoms with Gasteiger partial charge in [0.1, 0.15) is 11.3 Å². The molecule has 27 heavy (non-hydrogen) atoms. The molecule has 0 bridgehead atoms. The Hall–Kier alpha value is -2.93. The van der Waals surface area contributed by atoms with Gasteiger partial charge in [-0.1, -0.05) is 18.2 Å². The van der Waals surface area contributed by atoms with Gasteiger partial charge in [0.2, 0.25) is 0 Å². The number of carbonyl (C=O) groups is 1. The number of ether oxygens (including phenoxy) is 1. The first-order valence-corrected chi connectivity index (χ1v) is 9.07. The number of aromatic nitrogens is 3. The minimum Gasteiger partial charge on any atom is -0.496 e. The summed E-state index contributed by atoms with van der Waals surface area (Å²) in [4.78, 5) is 21.5. The van der Waals surface area contributed by atoms with E-state index in [1.165, 1.54) is 5.56 Å². The first-order chi connectivity index (χ1) is 13.2. The summed E-state index contributed by atoms with van der Waals surface area (Å²) in [6, 6.07) is 9.95. The van der Waals surface area contributed by atoms with Crippen LogP contribution in [-0.4, -0.2) is 63.8 Å². The number of piperazine rings is 1. The molecule has 3 aromatic rings. The molecule has 1 saturated heterocycles. The number of hydrogen-bond acceptors (Lipinski definition) is 5. The molecule has 1 fully saturated rings. The van der Waals surface area contributed by atoms with Gasteiger partial charge in [-0.25, -0.2) is 0 Å². The number of aryl methyl sites for hydroxylation is 1. The Labute approximate surface area is 158 Å². The molecule has 7 nitrogen and oxygen atoms in total. The van der Waals surface area contributed by atoms with Crippen molar-refractivity contribution in [3.8, 4) is 5.75 Å². The van der Waals surface area contributed by atoms with Gasteiger partial charge in [-0.05, 0) is 12.1 Å². The highest BCUT2D eigenvalue weighted by Crippen LogP contribution is 2.20. The van der Waals surface area contributed by atoms with Crippen molar-refractivity contribution in [2.45, 2.75) is 6.54 Å². The zero-order valence-corrected chi connectivity index (χ0v) is 15.6. The highest BCUT2D eigenvalue weighted by molar-refractivity contribution is 5.96. The highest BCUT2D eigenvalue weighted by Gasteiger charge is 2.23. The Morgan fingerprint density at radius 2 is 1.93 bits per heavy atom. The lowest BCUT2D eigenvalue weighted by Gasteiger charge is -2.35. The number of fused-ring (bicyclic) bond motifs is 1. The summed E-state index contributed by atoms with van der Waals surface area (Å²) in [6.45, 7) is 3.92. The smallest absolute Gasteiger partial charge is 0.255 e. The summed E-state index contributed by atoms with van der Waals surface area (Å²) in [5.74, 6) is 0.939. The Kier molecular flexibility index (Phi) is 4.77. The molecule has 7 heteroatoms. The maximum Gasteiger partial charge on any atom is 0.255 e. The number of rotatable bonds is 4. The Morgan fingerprint density at radius 3 is 2.70 bits per heavy atom. The molecule has 0 radical (unpaired) electrons. The summed E-state index contributed by atoms with van der Waals surface area (Å²) in [6.07, 6.45) is 3.35. The zero-order valence-electron chi connectivity index (χ0n) is 15.6. The van der Waals surface area contributed by atoms with Gasteiger partial charge >= 0.3 is 0 Å². The van der Waals surface area contributed by atoms with E-state index in [-0.39, 0.29) is 5.91 Å². The fraction of sp³-hybridized carbons (Fsp3) is 0.350. The van der Waals surface area contributed by atoms with Crippen LogP contribution in [0.5, 0.6) is 5.75 Å². The van der Waals surface area contributed by atoms with E-state index in [4.69, 9.17) is 4.74 Å². The van der Waals surface area contributed by atoms with Gasteiger partial charge in [0.25, 0.3) is 5.91 Å². The first kappa shape index (κ1) is 17.5. The molecule has 1 aromatic carbocycles. The van der Waals surface area contributed by atoms with Crippen molar-refractivity contribution in [1.29, 1.82) is 0 Å². The summed E-state index contributed by atoms with van der Waals surface area (Å²) in [7, 11) is 3.55. The fourth-order valence-electron chi connectivity index (χ4n) is 3.51. The van der Waals surface area contributed by atoms with Crippen molar-refractivity contribution in [1.82, 2.24) is 24.6 Å². The van der Waals surface area contributed by atoms with Crippen molar-refractivity contribution in [3.05, 3.63) is 53.9 Å². The van der Waals surface area contributed by atoms with Crippen LogP contribution in [0.1, 0.15) is 15.9 Å². The van der Waals surface area contributed by atoms with Crippen molar-refractivity contribution in [2.24, 2.45) is 7.05 Å². The Balaban J connectivity index is 1.40. The minimum atomic E-state index is 0.0301. The molecule has 1 aliphatic rings. The summed E-state index contributed by atoms with van der Waals surface area (Å²) >= 11 is 0. The molecule has 1 amide bonds. The number of carbonyl (C=O) groups excluding carboxylic acids is 1. The lowest BCUT2D eigenvalue weighted by atomic mass is 10.1. The minimum absolute atomic E-state index is 0.0301. The average Bonchev–Trinajstić information content (AvgIpc) is 3.09. The summed E-state index contributed by atoms with van der Waals surface area (Å²) in [5, 5.41) is 4.18. The van der Waals surface area contributed by atoms with E-state index in [9.17, 15) is 4.79 Å². The number of para-hydroxylation sites is 1. The van der Waals surface area contributed by atoms with E-state index in [0.717, 1.165) is 36.4 Å². The van der Waals surface area contributed by atoms with Crippen LogP contribution in [0.4, 0.5) is 0 Å². The number of benzene rings is 1. The first-order valence-electron chi connectivity index (χ1n) is 9.07. The molecule has 4 rings (SSSR count). The van der Waals surface area contributed by atoms with Crippen LogP contribution in [0.3, 0.4) is 0 Å². The molecule has 140 valence electrons. The van der Waals surface area contributed by atoms with Crippen LogP contribution in [0.2, 0.25) is 0 Å². The van der Waals surface area contributed by atoms with Crippen molar-refractivity contribution >= 4 is 16.9 Å². The lowest BCUT2D eigenvalue weighted by Crippen LogP contribution is -2.48. The van der Waals surface area contributed by atoms with Gasteiger partial charge in [0.15, 0.2) is 0 Å². The largest absolute Gasteiger partial charge is 0.496 e. The molecule has 2 aromatic heterocycles. The molecule has 0 atom stereocenters. The van der Waals surface area contributed by atoms with Gasteiger partial charge in [-0.2, -0.15) is 5.10 Å². The number of pyridine rings is 1. The SMILES string of the molecule is COc1ccccc1CN1CCN(C(=O)c2cnc3cnn(C)c3c2)CC1. The summed E-state index contributed by atoms with van der Waals surface area (Å²) in [5.41, 5.74) is 3.46. The zero-order chi connectivity index (χ0) is 18.8. The monoisotopic (exact) mass is 365 g/mol. The summed E-state index contributed by atoms with van der Waals surface area (Å²) < 4.78 is 7.18. The maximum absolute atomic E-state index is 12.9. The Bertz CT molecular complexity index is 960. The van der Waals surface area contributed by atoms with E-state index in [2.05, 4.69) is 21.0 Å². The van der Waals surface area contributed by atoms with E-state index in [0.29, 0.717) is 18.7 Å². The average molecular weight is 365 g/mol. The van der Waals surface area contributed by atoms with E-state index >= 15 is 0 Å². The lowest BCUT2D eigenvalue weighted by molar-refractivity contribution is 0.0627. The molecule has 0 saturated carbocycles. The molecule has 0 N–H and O–H groups in total. The van der Waals surface area contributed by atoms with Crippen LogP contribution in [0.25, 0.3) is 11.0 Å². The maximum atomic E-state index is 12.9. The molecule has 0 spiro atoms. The van der Waals surface area contributed by atoms with E-state index < -0.39 is 0 Å². The highest BCUT2D eigenvalue weighted by atomic mass is 16.5. The van der Waals surface area contributed by atoms with Crippen molar-refractivity contribution < 1.29 is 9.53 Å². The number of amides is 1. The topological polar surface area (TPSA) is 63.5 Å². The Morgan fingerprint density at radius 1 is 1.15 bits per heavy atom. The van der Waals surface area contributed by atoms with Crippen LogP contribution in [-0.2, 0) is 13.6 Å². The third kappa shape index (κ3) is 3.50.